The molecule has 1 saturated carbocycles. The van der Waals surface area contributed by atoms with Gasteiger partial charge in [-0.05, 0) is 11.8 Å². The number of likely N-dealkylation sites (tertiary alicyclic amines) is 1. The monoisotopic (exact) mass is 171 g/mol. The van der Waals surface area contributed by atoms with Gasteiger partial charge in [0.25, 0.3) is 0 Å². The summed E-state index contributed by atoms with van der Waals surface area (Å²) in [6.45, 7) is 0.800. The van der Waals surface area contributed by atoms with E-state index in [-0.39, 0.29) is 17.8 Å². The quantitative estimate of drug-likeness (QED) is 0.578. The summed E-state index contributed by atoms with van der Waals surface area (Å²) in [4.78, 5) is 22.2. The number of hydrogen-bond acceptors (Lipinski definition) is 2. The largest absolute Gasteiger partial charge is 0.481 e. The van der Waals surface area contributed by atoms with Crippen LogP contribution in [-0.4, -0.2) is 40.3 Å². The zero-order chi connectivity index (χ0) is 8.88. The highest BCUT2D eigenvalue weighted by molar-refractivity contribution is 5.76. The maximum Gasteiger partial charge on any atom is 0.407 e. The Morgan fingerprint density at radius 1 is 1.17 bits per heavy atom. The van der Waals surface area contributed by atoms with Crippen LogP contribution >= 0.6 is 0 Å². The predicted molar refractivity (Wildman–Crippen MR) is 37.7 cm³/mol. The van der Waals surface area contributed by atoms with Crippen LogP contribution in [0.4, 0.5) is 4.79 Å². The fourth-order valence-electron chi connectivity index (χ4n) is 2.05. The van der Waals surface area contributed by atoms with Crippen molar-refractivity contribution in [3.63, 3.8) is 0 Å². The lowest BCUT2D eigenvalue weighted by Crippen LogP contribution is -2.30. The minimum absolute atomic E-state index is 0.0820. The topological polar surface area (TPSA) is 77.8 Å². The number of fused-ring (bicyclic) bond motifs is 1. The van der Waals surface area contributed by atoms with Crippen LogP contribution in [0.25, 0.3) is 0 Å². The van der Waals surface area contributed by atoms with E-state index < -0.39 is 12.1 Å². The molecule has 0 unspecified atom stereocenters. The van der Waals surface area contributed by atoms with Gasteiger partial charge in [0, 0.05) is 13.1 Å². The summed E-state index contributed by atoms with van der Waals surface area (Å²) >= 11 is 0. The van der Waals surface area contributed by atoms with E-state index >= 15 is 0 Å². The third kappa shape index (κ3) is 0.855. The van der Waals surface area contributed by atoms with Crippen LogP contribution in [-0.2, 0) is 4.79 Å². The van der Waals surface area contributed by atoms with E-state index in [4.69, 9.17) is 10.2 Å². The Morgan fingerprint density at radius 2 is 1.67 bits per heavy atom. The summed E-state index contributed by atoms with van der Waals surface area (Å²) < 4.78 is 0. The van der Waals surface area contributed by atoms with Gasteiger partial charge in [0.1, 0.15) is 0 Å². The molecule has 12 heavy (non-hydrogen) atoms. The Balaban J connectivity index is 1.94. The predicted octanol–water partition coefficient (Wildman–Crippen LogP) is -0.0732. The first kappa shape index (κ1) is 7.39. The molecule has 5 heteroatoms. The molecule has 3 atom stereocenters. The van der Waals surface area contributed by atoms with Crippen molar-refractivity contribution in [2.75, 3.05) is 13.1 Å². The number of piperidine rings is 1. The summed E-state index contributed by atoms with van der Waals surface area (Å²) in [5, 5.41) is 17.2. The van der Waals surface area contributed by atoms with E-state index in [0.29, 0.717) is 13.1 Å². The van der Waals surface area contributed by atoms with Gasteiger partial charge in [0.2, 0.25) is 0 Å². The number of hydrogen-bond donors (Lipinski definition) is 2. The molecule has 0 aromatic rings. The zero-order valence-corrected chi connectivity index (χ0v) is 6.30. The molecule has 1 saturated heterocycles. The third-order valence-corrected chi connectivity index (χ3v) is 2.75. The minimum atomic E-state index is -0.939. The molecule has 1 amide bonds. The van der Waals surface area contributed by atoms with Gasteiger partial charge in [-0.15, -0.1) is 0 Å². The van der Waals surface area contributed by atoms with Crippen LogP contribution in [0, 0.1) is 17.8 Å². The Hall–Kier alpha value is -1.26. The average Bonchev–Trinajstić information content (AvgIpc) is 2.48. The van der Waals surface area contributed by atoms with Crippen molar-refractivity contribution in [1.82, 2.24) is 4.90 Å². The van der Waals surface area contributed by atoms with Gasteiger partial charge in [-0.1, -0.05) is 0 Å². The number of nitrogens with zero attached hydrogens (tertiary/aromatic N) is 1. The van der Waals surface area contributed by atoms with Crippen LogP contribution in [0.5, 0.6) is 0 Å². The van der Waals surface area contributed by atoms with Crippen molar-refractivity contribution in [3.05, 3.63) is 0 Å². The van der Waals surface area contributed by atoms with Crippen molar-refractivity contribution in [3.8, 4) is 0 Å². The smallest absolute Gasteiger partial charge is 0.407 e. The van der Waals surface area contributed by atoms with Crippen LogP contribution in [0.1, 0.15) is 0 Å². The molecule has 0 bridgehead atoms. The first-order valence-electron chi connectivity index (χ1n) is 3.82. The first-order valence-corrected chi connectivity index (χ1v) is 3.82. The van der Waals surface area contributed by atoms with Gasteiger partial charge in [0.15, 0.2) is 0 Å². The standard InChI is InChI=1S/C7H9NO4/c9-6(10)5-3-1-8(7(11)12)2-4(3)5/h3-5H,1-2H2,(H,9,10)(H,11,12)/t3-,4+,5-. The highest BCUT2D eigenvalue weighted by Gasteiger charge is 2.60. The molecule has 2 N–H and O–H groups in total. The second-order valence-corrected chi connectivity index (χ2v) is 3.38. The fraction of sp³-hybridized carbons (Fsp3) is 0.714. The summed E-state index contributed by atoms with van der Waals surface area (Å²) in [5.74, 6) is -0.896. The normalized spacial score (nSPS) is 37.7. The highest BCUT2D eigenvalue weighted by Crippen LogP contribution is 2.51. The van der Waals surface area contributed by atoms with Gasteiger partial charge in [-0.25, -0.2) is 4.79 Å². The number of aliphatic carboxylic acids is 1. The van der Waals surface area contributed by atoms with Gasteiger partial charge >= 0.3 is 12.1 Å². The maximum absolute atomic E-state index is 10.5. The van der Waals surface area contributed by atoms with Gasteiger partial charge in [0.05, 0.1) is 5.92 Å². The van der Waals surface area contributed by atoms with E-state index in [2.05, 4.69) is 0 Å². The van der Waals surface area contributed by atoms with Gasteiger partial charge in [-0.2, -0.15) is 0 Å². The SMILES string of the molecule is O=C(O)[C@@H]1[C@@H]2CN(C(=O)O)C[C@@H]21. The molecule has 2 aliphatic rings. The molecule has 0 radical (unpaired) electrons. The number of carbonyl (C=O) groups is 2. The first-order chi connectivity index (χ1) is 5.61. The minimum Gasteiger partial charge on any atom is -0.481 e. The molecule has 0 spiro atoms. The van der Waals surface area contributed by atoms with Crippen LogP contribution in [0.3, 0.4) is 0 Å². The van der Waals surface area contributed by atoms with Crippen molar-refractivity contribution in [2.45, 2.75) is 0 Å². The van der Waals surface area contributed by atoms with Crippen molar-refractivity contribution in [1.29, 1.82) is 0 Å². The fourth-order valence-corrected chi connectivity index (χ4v) is 2.05. The summed E-state index contributed by atoms with van der Waals surface area (Å²) in [6, 6.07) is 0. The van der Waals surface area contributed by atoms with Crippen LogP contribution < -0.4 is 0 Å². The zero-order valence-electron chi connectivity index (χ0n) is 6.30. The molecule has 0 aromatic heterocycles. The van der Waals surface area contributed by atoms with E-state index in [1.165, 1.54) is 4.90 Å². The molecule has 2 rings (SSSR count). The van der Waals surface area contributed by atoms with E-state index in [9.17, 15) is 9.59 Å². The van der Waals surface area contributed by atoms with Crippen molar-refractivity contribution in [2.24, 2.45) is 17.8 Å². The third-order valence-electron chi connectivity index (χ3n) is 2.75. The summed E-state index contributed by atoms with van der Waals surface area (Å²) in [7, 11) is 0. The van der Waals surface area contributed by atoms with Crippen LogP contribution in [0.2, 0.25) is 0 Å². The summed E-state index contributed by atoms with van der Waals surface area (Å²) in [5.41, 5.74) is 0. The van der Waals surface area contributed by atoms with Crippen LogP contribution in [0.15, 0.2) is 0 Å². The van der Waals surface area contributed by atoms with Gasteiger partial charge in [-0.3, -0.25) is 4.79 Å². The lowest BCUT2D eigenvalue weighted by atomic mass is 10.3. The molecule has 66 valence electrons. The van der Waals surface area contributed by atoms with Gasteiger partial charge < -0.3 is 15.1 Å². The Morgan fingerprint density at radius 3 is 2.00 bits per heavy atom. The lowest BCUT2D eigenvalue weighted by molar-refractivity contribution is -0.139. The van der Waals surface area contributed by atoms with Crippen molar-refractivity contribution < 1.29 is 19.8 Å². The molecule has 1 heterocycles. The molecular weight excluding hydrogens is 162 g/mol. The Bertz CT molecular complexity index is 228. The number of rotatable bonds is 1. The molecule has 1 aliphatic heterocycles. The molecule has 1 aliphatic carbocycles. The van der Waals surface area contributed by atoms with E-state index in [1.54, 1.807) is 0 Å². The summed E-state index contributed by atoms with van der Waals surface area (Å²) in [6.07, 6.45) is -0.939. The lowest BCUT2D eigenvalue weighted by Gasteiger charge is -2.13. The second kappa shape index (κ2) is 2.12. The number of amides is 1. The highest BCUT2D eigenvalue weighted by atomic mass is 16.4. The number of carboxylic acid groups (broad SMARTS) is 2. The molecule has 2 fully saturated rings. The molecule has 0 aromatic carbocycles. The number of carboxylic acids is 1. The average molecular weight is 171 g/mol. The Labute approximate surface area is 68.6 Å². The van der Waals surface area contributed by atoms with E-state index in [0.717, 1.165) is 0 Å². The molecule has 5 nitrogen and oxygen atoms in total. The maximum atomic E-state index is 10.5. The van der Waals surface area contributed by atoms with E-state index in [1.807, 2.05) is 0 Å². The Kier molecular flexibility index (Phi) is 1.31. The second-order valence-electron chi connectivity index (χ2n) is 3.38. The molecular formula is C7H9NO4. The van der Waals surface area contributed by atoms with Crippen molar-refractivity contribution >= 4 is 12.1 Å².